The van der Waals surface area contributed by atoms with Gasteiger partial charge in [0, 0.05) is 6.04 Å². The molecule has 1 amide bonds. The molecule has 5 heteroatoms. The molecule has 0 aromatic rings. The second kappa shape index (κ2) is 6.73. The van der Waals surface area contributed by atoms with Crippen LogP contribution in [0.25, 0.3) is 0 Å². The number of nitrogens with one attached hydrogen (secondary N) is 1. The molecule has 0 bridgehead atoms. The van der Waals surface area contributed by atoms with Gasteiger partial charge < -0.3 is 10.4 Å². The monoisotopic (exact) mass is 256 g/mol. The van der Waals surface area contributed by atoms with E-state index in [1.807, 2.05) is 13.8 Å². The maximum Gasteiger partial charge on any atom is 0.326 e. The summed E-state index contributed by atoms with van der Waals surface area (Å²) >= 11 is 0. The van der Waals surface area contributed by atoms with Crippen molar-refractivity contribution in [2.24, 2.45) is 5.92 Å². The van der Waals surface area contributed by atoms with Crippen molar-refractivity contribution in [2.45, 2.75) is 52.1 Å². The predicted octanol–water partition coefficient (Wildman–Crippen LogP) is 1.09. The first-order chi connectivity index (χ1) is 8.40. The zero-order valence-electron chi connectivity index (χ0n) is 11.5. The Labute approximate surface area is 109 Å². The van der Waals surface area contributed by atoms with Gasteiger partial charge >= 0.3 is 5.97 Å². The fourth-order valence-electron chi connectivity index (χ4n) is 2.34. The number of nitrogens with zero attached hydrogens (tertiary/aromatic N) is 1. The highest BCUT2D eigenvalue weighted by molar-refractivity contribution is 5.84. The van der Waals surface area contributed by atoms with E-state index in [4.69, 9.17) is 5.11 Å². The van der Waals surface area contributed by atoms with Gasteiger partial charge in [-0.3, -0.25) is 9.69 Å². The maximum absolute atomic E-state index is 11.8. The third-order valence-electron chi connectivity index (χ3n) is 3.38. The van der Waals surface area contributed by atoms with E-state index in [0.29, 0.717) is 19.0 Å². The lowest BCUT2D eigenvalue weighted by molar-refractivity contribution is -0.142. The fourth-order valence-corrected chi connectivity index (χ4v) is 2.34. The molecule has 0 spiro atoms. The number of rotatable bonds is 6. The molecule has 0 saturated carbocycles. The van der Waals surface area contributed by atoms with Gasteiger partial charge in [-0.2, -0.15) is 0 Å². The van der Waals surface area contributed by atoms with E-state index in [9.17, 15) is 9.59 Å². The van der Waals surface area contributed by atoms with E-state index >= 15 is 0 Å². The molecule has 2 atom stereocenters. The van der Waals surface area contributed by atoms with Crippen LogP contribution in [0.15, 0.2) is 0 Å². The topological polar surface area (TPSA) is 69.6 Å². The summed E-state index contributed by atoms with van der Waals surface area (Å²) in [7, 11) is 0. The van der Waals surface area contributed by atoms with Crippen molar-refractivity contribution in [2.75, 3.05) is 13.1 Å². The average Bonchev–Trinajstić information content (AvgIpc) is 2.62. The SMILES string of the molecule is CC(C)C[C@@H](NC(=O)CN1CCCC1C)C(=O)O. The summed E-state index contributed by atoms with van der Waals surface area (Å²) in [5, 5.41) is 11.7. The van der Waals surface area contributed by atoms with Gasteiger partial charge in [-0.15, -0.1) is 0 Å². The summed E-state index contributed by atoms with van der Waals surface area (Å²) in [6.45, 7) is 7.23. The lowest BCUT2D eigenvalue weighted by Gasteiger charge is -2.22. The third-order valence-corrected chi connectivity index (χ3v) is 3.38. The van der Waals surface area contributed by atoms with Gasteiger partial charge in [-0.25, -0.2) is 4.79 Å². The van der Waals surface area contributed by atoms with Crippen LogP contribution in [0.5, 0.6) is 0 Å². The first-order valence-corrected chi connectivity index (χ1v) is 6.66. The minimum Gasteiger partial charge on any atom is -0.480 e. The van der Waals surface area contributed by atoms with Gasteiger partial charge in [0.15, 0.2) is 0 Å². The highest BCUT2D eigenvalue weighted by atomic mass is 16.4. The van der Waals surface area contributed by atoms with E-state index in [0.717, 1.165) is 19.4 Å². The normalized spacial score (nSPS) is 22.1. The van der Waals surface area contributed by atoms with E-state index < -0.39 is 12.0 Å². The highest BCUT2D eigenvalue weighted by Crippen LogP contribution is 2.15. The van der Waals surface area contributed by atoms with Crippen molar-refractivity contribution >= 4 is 11.9 Å². The van der Waals surface area contributed by atoms with Crippen LogP contribution < -0.4 is 5.32 Å². The van der Waals surface area contributed by atoms with Crippen LogP contribution in [0.1, 0.15) is 40.0 Å². The Balaban J connectivity index is 2.43. The molecule has 0 aromatic heterocycles. The molecular formula is C13H24N2O3. The molecule has 5 nitrogen and oxygen atoms in total. The molecule has 0 aliphatic carbocycles. The smallest absolute Gasteiger partial charge is 0.326 e. The molecule has 1 rings (SSSR count). The first-order valence-electron chi connectivity index (χ1n) is 6.66. The summed E-state index contributed by atoms with van der Waals surface area (Å²) in [5.41, 5.74) is 0. The van der Waals surface area contributed by atoms with Crippen molar-refractivity contribution in [3.63, 3.8) is 0 Å². The van der Waals surface area contributed by atoms with Crippen LogP contribution in [0.4, 0.5) is 0 Å². The molecule has 1 aliphatic heterocycles. The molecule has 104 valence electrons. The van der Waals surface area contributed by atoms with Gasteiger partial charge in [0.25, 0.3) is 0 Å². The van der Waals surface area contributed by atoms with Crippen molar-refractivity contribution < 1.29 is 14.7 Å². The van der Waals surface area contributed by atoms with Gasteiger partial charge in [0.1, 0.15) is 6.04 Å². The van der Waals surface area contributed by atoms with Crippen LogP contribution in [0, 0.1) is 5.92 Å². The van der Waals surface area contributed by atoms with E-state index in [1.165, 1.54) is 0 Å². The quantitative estimate of drug-likeness (QED) is 0.746. The molecular weight excluding hydrogens is 232 g/mol. The van der Waals surface area contributed by atoms with Crippen LogP contribution in [-0.4, -0.2) is 47.1 Å². The van der Waals surface area contributed by atoms with Crippen LogP contribution in [-0.2, 0) is 9.59 Å². The first kappa shape index (κ1) is 15.0. The Morgan fingerprint density at radius 1 is 1.44 bits per heavy atom. The van der Waals surface area contributed by atoms with Gasteiger partial charge in [0.2, 0.25) is 5.91 Å². The third kappa shape index (κ3) is 4.64. The zero-order chi connectivity index (χ0) is 13.7. The Morgan fingerprint density at radius 2 is 2.11 bits per heavy atom. The summed E-state index contributed by atoms with van der Waals surface area (Å²) in [6.07, 6.45) is 2.70. The number of amides is 1. The minimum absolute atomic E-state index is 0.184. The number of carboxylic acid groups (broad SMARTS) is 1. The Hall–Kier alpha value is -1.10. The van der Waals surface area contributed by atoms with Crippen LogP contribution in [0.2, 0.25) is 0 Å². The molecule has 0 radical (unpaired) electrons. The number of likely N-dealkylation sites (tertiary alicyclic amines) is 1. The van der Waals surface area contributed by atoms with Crippen molar-refractivity contribution in [1.29, 1.82) is 0 Å². The Morgan fingerprint density at radius 3 is 2.56 bits per heavy atom. The van der Waals surface area contributed by atoms with E-state index in [2.05, 4.69) is 17.1 Å². The van der Waals surface area contributed by atoms with Gasteiger partial charge in [-0.1, -0.05) is 13.8 Å². The molecule has 1 aliphatic rings. The van der Waals surface area contributed by atoms with Crippen molar-refractivity contribution in [3.8, 4) is 0 Å². The Kier molecular flexibility index (Phi) is 5.59. The zero-order valence-corrected chi connectivity index (χ0v) is 11.5. The highest BCUT2D eigenvalue weighted by Gasteiger charge is 2.25. The second-order valence-electron chi connectivity index (χ2n) is 5.55. The second-order valence-corrected chi connectivity index (χ2v) is 5.55. The van der Waals surface area contributed by atoms with Crippen molar-refractivity contribution in [1.82, 2.24) is 10.2 Å². The standard InChI is InChI=1S/C13H24N2O3/c1-9(2)7-11(13(17)18)14-12(16)8-15-6-4-5-10(15)3/h9-11H,4-8H2,1-3H3,(H,14,16)(H,17,18)/t10?,11-/m1/s1. The van der Waals surface area contributed by atoms with Crippen LogP contribution >= 0.6 is 0 Å². The average molecular weight is 256 g/mol. The largest absolute Gasteiger partial charge is 0.480 e. The molecule has 0 aromatic carbocycles. The number of hydrogen-bond acceptors (Lipinski definition) is 3. The number of carbonyl (C=O) groups is 2. The molecule has 1 unspecified atom stereocenters. The molecule has 1 saturated heterocycles. The summed E-state index contributed by atoms with van der Waals surface area (Å²) < 4.78 is 0. The Bertz CT molecular complexity index is 305. The molecule has 18 heavy (non-hydrogen) atoms. The minimum atomic E-state index is -0.952. The lowest BCUT2D eigenvalue weighted by atomic mass is 10.0. The number of carboxylic acids is 1. The molecule has 2 N–H and O–H groups in total. The van der Waals surface area contributed by atoms with Crippen LogP contribution in [0.3, 0.4) is 0 Å². The predicted molar refractivity (Wildman–Crippen MR) is 69.3 cm³/mol. The summed E-state index contributed by atoms with van der Waals surface area (Å²) in [6, 6.07) is -0.348. The number of aliphatic carboxylic acids is 1. The lowest BCUT2D eigenvalue weighted by Crippen LogP contribution is -2.46. The summed E-state index contributed by atoms with van der Waals surface area (Å²) in [5.74, 6) is -0.888. The van der Waals surface area contributed by atoms with E-state index in [1.54, 1.807) is 0 Å². The van der Waals surface area contributed by atoms with E-state index in [-0.39, 0.29) is 11.8 Å². The fraction of sp³-hybridized carbons (Fsp3) is 0.846. The van der Waals surface area contributed by atoms with Crippen molar-refractivity contribution in [3.05, 3.63) is 0 Å². The van der Waals surface area contributed by atoms with Gasteiger partial charge in [0.05, 0.1) is 6.54 Å². The van der Waals surface area contributed by atoms with Gasteiger partial charge in [-0.05, 0) is 38.6 Å². The maximum atomic E-state index is 11.8. The molecule has 1 fully saturated rings. The number of hydrogen-bond donors (Lipinski definition) is 2. The summed E-state index contributed by atoms with van der Waals surface area (Å²) in [4.78, 5) is 25.0. The molecule has 1 heterocycles. The number of carbonyl (C=O) groups excluding carboxylic acids is 1.